The Kier molecular flexibility index (Phi) is 6.85. The highest BCUT2D eigenvalue weighted by atomic mass is 16.5. The van der Waals surface area contributed by atoms with E-state index in [1.165, 1.54) is 6.42 Å². The molecule has 0 spiro atoms. The van der Waals surface area contributed by atoms with E-state index < -0.39 is 12.1 Å². The van der Waals surface area contributed by atoms with Crippen molar-refractivity contribution in [2.24, 2.45) is 0 Å². The SMILES string of the molecule is CCCNC(=O)N[C@H]1C=C[C@@H](CC(=O)NC2CCC2)O[C@H]1CO. The van der Waals surface area contributed by atoms with E-state index in [9.17, 15) is 14.7 Å². The monoisotopic (exact) mass is 325 g/mol. The number of ether oxygens (including phenoxy) is 1. The number of amides is 3. The Bertz CT molecular complexity index is 437. The van der Waals surface area contributed by atoms with Gasteiger partial charge in [-0.3, -0.25) is 4.79 Å². The first-order chi connectivity index (χ1) is 11.1. The minimum absolute atomic E-state index is 0.0341. The average molecular weight is 325 g/mol. The molecule has 0 saturated heterocycles. The Morgan fingerprint density at radius 3 is 2.65 bits per heavy atom. The summed E-state index contributed by atoms with van der Waals surface area (Å²) in [7, 11) is 0. The first-order valence-electron chi connectivity index (χ1n) is 8.40. The number of rotatable bonds is 7. The van der Waals surface area contributed by atoms with Crippen LogP contribution in [0.25, 0.3) is 0 Å². The van der Waals surface area contributed by atoms with Crippen LogP contribution < -0.4 is 16.0 Å². The number of urea groups is 1. The van der Waals surface area contributed by atoms with E-state index in [1.54, 1.807) is 12.2 Å². The summed E-state index contributed by atoms with van der Waals surface area (Å²) in [6.07, 6.45) is 7.00. The van der Waals surface area contributed by atoms with Crippen molar-refractivity contribution in [3.63, 3.8) is 0 Å². The summed E-state index contributed by atoms with van der Waals surface area (Å²) >= 11 is 0. The summed E-state index contributed by atoms with van der Waals surface area (Å²) in [4.78, 5) is 23.6. The molecular formula is C16H27N3O4. The van der Waals surface area contributed by atoms with E-state index in [2.05, 4.69) is 16.0 Å². The lowest BCUT2D eigenvalue weighted by molar-refractivity contribution is -0.126. The van der Waals surface area contributed by atoms with Crippen LogP contribution in [0.1, 0.15) is 39.0 Å². The summed E-state index contributed by atoms with van der Waals surface area (Å²) in [6, 6.07) is -0.382. The predicted molar refractivity (Wildman–Crippen MR) is 85.9 cm³/mol. The van der Waals surface area contributed by atoms with Gasteiger partial charge in [0.05, 0.1) is 25.2 Å². The molecule has 0 aromatic heterocycles. The Hall–Kier alpha value is -1.60. The fraction of sp³-hybridized carbons (Fsp3) is 0.750. The standard InChI is InChI=1S/C16H27N3O4/c1-2-8-17-16(22)19-13-7-6-12(23-14(13)10-20)9-15(21)18-11-4-3-5-11/h6-7,11-14,20H,2-5,8-10H2,1H3,(H,18,21)(H2,17,19,22)/t12-,13-,14-/m0/s1. The predicted octanol–water partition coefficient (Wildman–Crippen LogP) is 0.439. The van der Waals surface area contributed by atoms with Crippen LogP contribution in [-0.2, 0) is 9.53 Å². The first kappa shape index (κ1) is 17.7. The van der Waals surface area contributed by atoms with Crippen molar-refractivity contribution >= 4 is 11.9 Å². The Morgan fingerprint density at radius 1 is 1.26 bits per heavy atom. The van der Waals surface area contributed by atoms with Crippen LogP contribution in [0.3, 0.4) is 0 Å². The normalized spacial score (nSPS) is 27.1. The molecule has 3 atom stereocenters. The van der Waals surface area contributed by atoms with Gasteiger partial charge in [-0.15, -0.1) is 0 Å². The summed E-state index contributed by atoms with van der Waals surface area (Å²) in [5.41, 5.74) is 0. The van der Waals surface area contributed by atoms with Gasteiger partial charge < -0.3 is 25.8 Å². The highest BCUT2D eigenvalue weighted by molar-refractivity contribution is 5.77. The minimum Gasteiger partial charge on any atom is -0.394 e. The van der Waals surface area contributed by atoms with Gasteiger partial charge in [-0.05, 0) is 25.7 Å². The lowest BCUT2D eigenvalue weighted by Crippen LogP contribution is -2.52. The van der Waals surface area contributed by atoms with Crippen LogP contribution >= 0.6 is 0 Å². The van der Waals surface area contributed by atoms with Crippen LogP contribution in [0.2, 0.25) is 0 Å². The molecule has 1 heterocycles. The molecule has 130 valence electrons. The molecule has 0 aromatic carbocycles. The molecule has 7 nitrogen and oxygen atoms in total. The summed E-state index contributed by atoms with van der Waals surface area (Å²) < 4.78 is 5.72. The molecular weight excluding hydrogens is 298 g/mol. The van der Waals surface area contributed by atoms with Crippen LogP contribution in [0.4, 0.5) is 4.79 Å². The number of carbonyl (C=O) groups excluding carboxylic acids is 2. The number of nitrogens with one attached hydrogen (secondary N) is 3. The van der Waals surface area contributed by atoms with Crippen molar-refractivity contribution in [2.45, 2.75) is 63.3 Å². The zero-order valence-electron chi connectivity index (χ0n) is 13.6. The van der Waals surface area contributed by atoms with Crippen LogP contribution in [0, 0.1) is 0 Å². The van der Waals surface area contributed by atoms with Gasteiger partial charge in [0.25, 0.3) is 0 Å². The maximum atomic E-state index is 11.9. The minimum atomic E-state index is -0.547. The van der Waals surface area contributed by atoms with Crippen molar-refractivity contribution in [3.8, 4) is 0 Å². The van der Waals surface area contributed by atoms with Gasteiger partial charge in [-0.1, -0.05) is 19.1 Å². The molecule has 1 aliphatic heterocycles. The molecule has 0 unspecified atom stereocenters. The average Bonchev–Trinajstić information content (AvgIpc) is 2.50. The number of carbonyl (C=O) groups is 2. The molecule has 4 N–H and O–H groups in total. The summed E-state index contributed by atoms with van der Waals surface area (Å²) in [6.45, 7) is 2.35. The molecule has 0 aromatic rings. The van der Waals surface area contributed by atoms with Crippen molar-refractivity contribution in [1.82, 2.24) is 16.0 Å². The quantitative estimate of drug-likeness (QED) is 0.510. The Labute approximate surface area is 136 Å². The first-order valence-corrected chi connectivity index (χ1v) is 8.40. The lowest BCUT2D eigenvalue weighted by Gasteiger charge is -2.32. The second kappa shape index (κ2) is 8.88. The van der Waals surface area contributed by atoms with Crippen molar-refractivity contribution in [1.29, 1.82) is 0 Å². The van der Waals surface area contributed by atoms with Crippen LogP contribution in [0.5, 0.6) is 0 Å². The molecule has 7 heteroatoms. The van der Waals surface area contributed by atoms with Crippen LogP contribution in [0.15, 0.2) is 12.2 Å². The Morgan fingerprint density at radius 2 is 2.04 bits per heavy atom. The number of aliphatic hydroxyl groups excluding tert-OH is 1. The highest BCUT2D eigenvalue weighted by Gasteiger charge is 2.29. The van der Waals surface area contributed by atoms with Gasteiger partial charge >= 0.3 is 6.03 Å². The molecule has 0 bridgehead atoms. The molecule has 23 heavy (non-hydrogen) atoms. The van der Waals surface area contributed by atoms with Crippen molar-refractivity contribution in [2.75, 3.05) is 13.2 Å². The number of hydrogen-bond acceptors (Lipinski definition) is 4. The lowest BCUT2D eigenvalue weighted by atomic mass is 9.93. The topological polar surface area (TPSA) is 99.7 Å². The second-order valence-corrected chi connectivity index (χ2v) is 6.11. The summed E-state index contributed by atoms with van der Waals surface area (Å²) in [5, 5.41) is 17.9. The molecule has 3 amide bonds. The third kappa shape index (κ3) is 5.51. The van der Waals surface area contributed by atoms with Crippen molar-refractivity contribution in [3.05, 3.63) is 12.2 Å². The third-order valence-electron chi connectivity index (χ3n) is 4.15. The molecule has 1 saturated carbocycles. The van der Waals surface area contributed by atoms with E-state index >= 15 is 0 Å². The van der Waals surface area contributed by atoms with Gasteiger partial charge in [0.1, 0.15) is 6.10 Å². The van der Waals surface area contributed by atoms with E-state index in [0.29, 0.717) is 12.6 Å². The zero-order chi connectivity index (χ0) is 16.7. The van der Waals surface area contributed by atoms with Gasteiger partial charge in [0, 0.05) is 12.6 Å². The van der Waals surface area contributed by atoms with Gasteiger partial charge in [0.15, 0.2) is 0 Å². The van der Waals surface area contributed by atoms with Gasteiger partial charge in [0.2, 0.25) is 5.91 Å². The third-order valence-corrected chi connectivity index (χ3v) is 4.15. The van der Waals surface area contributed by atoms with Gasteiger partial charge in [-0.2, -0.15) is 0 Å². The maximum absolute atomic E-state index is 11.9. The van der Waals surface area contributed by atoms with E-state index in [0.717, 1.165) is 19.3 Å². The molecule has 2 rings (SSSR count). The fourth-order valence-corrected chi connectivity index (χ4v) is 2.60. The maximum Gasteiger partial charge on any atom is 0.315 e. The smallest absolute Gasteiger partial charge is 0.315 e. The zero-order valence-corrected chi connectivity index (χ0v) is 13.6. The van der Waals surface area contributed by atoms with Gasteiger partial charge in [-0.25, -0.2) is 4.79 Å². The second-order valence-electron chi connectivity index (χ2n) is 6.11. The molecule has 0 radical (unpaired) electrons. The largest absolute Gasteiger partial charge is 0.394 e. The molecule has 1 aliphatic carbocycles. The fourth-order valence-electron chi connectivity index (χ4n) is 2.60. The Balaban J connectivity index is 1.80. The highest BCUT2D eigenvalue weighted by Crippen LogP contribution is 2.19. The number of aliphatic hydroxyl groups is 1. The molecule has 1 fully saturated rings. The van der Waals surface area contributed by atoms with E-state index in [-0.39, 0.29) is 31.1 Å². The van der Waals surface area contributed by atoms with Crippen LogP contribution in [-0.4, -0.2) is 54.5 Å². The van der Waals surface area contributed by atoms with E-state index in [1.807, 2.05) is 6.92 Å². The summed E-state index contributed by atoms with van der Waals surface area (Å²) in [5.74, 6) is -0.0341. The van der Waals surface area contributed by atoms with Crippen molar-refractivity contribution < 1.29 is 19.4 Å². The van der Waals surface area contributed by atoms with E-state index in [4.69, 9.17) is 4.74 Å². The molecule has 2 aliphatic rings. The number of hydrogen-bond donors (Lipinski definition) is 4.